The second kappa shape index (κ2) is 8.15. The van der Waals surface area contributed by atoms with E-state index in [1.807, 2.05) is 26.0 Å². The van der Waals surface area contributed by atoms with Gasteiger partial charge in [-0.15, -0.1) is 11.3 Å². The number of hydrogen-bond donors (Lipinski definition) is 0. The van der Waals surface area contributed by atoms with E-state index < -0.39 is 10.0 Å². The maximum atomic E-state index is 12.3. The topological polar surface area (TPSA) is 111 Å². The molecule has 3 aromatic heterocycles. The Hall–Kier alpha value is -2.79. The van der Waals surface area contributed by atoms with Crippen LogP contribution in [0, 0.1) is 6.92 Å². The molecule has 30 heavy (non-hydrogen) atoms. The molecule has 0 unspecified atom stereocenters. The highest BCUT2D eigenvalue weighted by atomic mass is 32.2. The molecule has 0 aliphatic carbocycles. The van der Waals surface area contributed by atoms with Crippen molar-refractivity contribution in [3.63, 3.8) is 0 Å². The van der Waals surface area contributed by atoms with E-state index in [1.165, 1.54) is 15.6 Å². The molecule has 1 aliphatic heterocycles. The average molecular weight is 448 g/mol. The molecule has 3 aromatic rings. The van der Waals surface area contributed by atoms with Crippen LogP contribution in [0.1, 0.15) is 31.2 Å². The summed E-state index contributed by atoms with van der Waals surface area (Å²) in [5, 5.41) is 4.95. The minimum atomic E-state index is -3.52. The first kappa shape index (κ1) is 20.5. The quantitative estimate of drug-likeness (QED) is 0.420. The molecule has 0 saturated heterocycles. The Balaban J connectivity index is 1.78. The maximum absolute atomic E-state index is 12.3. The number of anilines is 1. The highest BCUT2D eigenvalue weighted by Crippen LogP contribution is 2.39. The smallest absolute Gasteiger partial charge is 0.241 e. The van der Waals surface area contributed by atoms with E-state index in [0.29, 0.717) is 30.3 Å². The zero-order chi connectivity index (χ0) is 21.3. The van der Waals surface area contributed by atoms with Gasteiger partial charge in [0.25, 0.3) is 0 Å². The molecule has 0 N–H and O–H groups in total. The summed E-state index contributed by atoms with van der Waals surface area (Å²) >= 11 is 1.41. The van der Waals surface area contributed by atoms with Gasteiger partial charge < -0.3 is 9.25 Å². The van der Waals surface area contributed by atoms with Crippen LogP contribution in [0.4, 0.5) is 5.88 Å². The summed E-state index contributed by atoms with van der Waals surface area (Å²) in [7, 11) is -3.52. The summed E-state index contributed by atoms with van der Waals surface area (Å²) in [5.74, 6) is 0.470. The molecule has 4 rings (SSSR count). The first-order valence-electron chi connectivity index (χ1n) is 9.44. The molecule has 0 aromatic carbocycles. The van der Waals surface area contributed by atoms with Crippen LogP contribution in [0.5, 0.6) is 0 Å². The van der Waals surface area contributed by atoms with Gasteiger partial charge >= 0.3 is 0 Å². The third-order valence-electron chi connectivity index (χ3n) is 4.43. The second-order valence-electron chi connectivity index (χ2n) is 6.80. The summed E-state index contributed by atoms with van der Waals surface area (Å²) in [6.45, 7) is 4.54. The van der Waals surface area contributed by atoms with E-state index in [2.05, 4.69) is 20.1 Å². The number of oxazole rings is 1. The van der Waals surface area contributed by atoms with Crippen LogP contribution < -0.4 is 4.31 Å². The van der Waals surface area contributed by atoms with Crippen LogP contribution >= 0.6 is 11.3 Å². The van der Waals surface area contributed by atoms with Gasteiger partial charge in [-0.1, -0.05) is 12.1 Å². The van der Waals surface area contributed by atoms with E-state index >= 15 is 0 Å². The molecular formula is C19H21N5O4S2. The van der Waals surface area contributed by atoms with E-state index in [4.69, 9.17) is 9.25 Å². The number of fused-ring (bicyclic) bond motifs is 1. The molecule has 0 radical (unpaired) electrons. The normalized spacial score (nSPS) is 15.4. The Morgan fingerprint density at radius 3 is 2.90 bits per heavy atom. The largest absolute Gasteiger partial charge is 0.418 e. The second-order valence-corrected chi connectivity index (χ2v) is 9.71. The molecule has 0 saturated carbocycles. The highest BCUT2D eigenvalue weighted by Gasteiger charge is 2.34. The van der Waals surface area contributed by atoms with Crippen LogP contribution in [0.3, 0.4) is 0 Å². The monoisotopic (exact) mass is 447 g/mol. The Kier molecular flexibility index (Phi) is 5.56. The summed E-state index contributed by atoms with van der Waals surface area (Å²) in [6.07, 6.45) is 5.80. The number of nitrogens with zero attached hydrogens (tertiary/aromatic N) is 5. The summed E-state index contributed by atoms with van der Waals surface area (Å²) in [5.41, 5.74) is 2.58. The first-order valence-corrected chi connectivity index (χ1v) is 12.1. The van der Waals surface area contributed by atoms with Gasteiger partial charge in [-0.25, -0.2) is 22.7 Å². The van der Waals surface area contributed by atoms with Gasteiger partial charge in [0, 0.05) is 30.9 Å². The Labute approximate surface area is 178 Å². The number of aryl methyl sites for hydroxylation is 1. The molecule has 0 spiro atoms. The molecule has 4 heterocycles. The van der Waals surface area contributed by atoms with Crippen molar-refractivity contribution < 1.29 is 17.7 Å². The third kappa shape index (κ3) is 3.94. The highest BCUT2D eigenvalue weighted by molar-refractivity contribution is 7.92. The van der Waals surface area contributed by atoms with Gasteiger partial charge in [-0.2, -0.15) is 0 Å². The first-order chi connectivity index (χ1) is 14.4. The van der Waals surface area contributed by atoms with E-state index in [9.17, 15) is 8.42 Å². The van der Waals surface area contributed by atoms with Crippen LogP contribution in [0.15, 0.2) is 34.1 Å². The van der Waals surface area contributed by atoms with E-state index in [-0.39, 0.29) is 12.4 Å². The number of oxime groups is 1. The Bertz CT molecular complexity index is 1180. The van der Waals surface area contributed by atoms with Gasteiger partial charge in [0.1, 0.15) is 22.2 Å². The van der Waals surface area contributed by atoms with Crippen molar-refractivity contribution in [1.82, 2.24) is 15.0 Å². The minimum Gasteiger partial charge on any atom is -0.418 e. The van der Waals surface area contributed by atoms with Crippen molar-refractivity contribution in [1.29, 1.82) is 0 Å². The van der Waals surface area contributed by atoms with Gasteiger partial charge in [-0.05, 0) is 25.5 Å². The van der Waals surface area contributed by atoms with Crippen LogP contribution in [-0.4, -0.2) is 48.5 Å². The number of rotatable bonds is 6. The Morgan fingerprint density at radius 1 is 1.37 bits per heavy atom. The van der Waals surface area contributed by atoms with Gasteiger partial charge in [0.05, 0.1) is 11.9 Å². The lowest BCUT2D eigenvalue weighted by molar-refractivity contribution is 0.144. The summed E-state index contributed by atoms with van der Waals surface area (Å²) in [4.78, 5) is 19.4. The zero-order valence-corrected chi connectivity index (χ0v) is 18.5. The lowest BCUT2D eigenvalue weighted by Crippen LogP contribution is -2.36. The average Bonchev–Trinajstić information content (AvgIpc) is 3.32. The van der Waals surface area contributed by atoms with Gasteiger partial charge in [0.15, 0.2) is 5.69 Å². The number of hydrogen-bond acceptors (Lipinski definition) is 9. The summed E-state index contributed by atoms with van der Waals surface area (Å²) < 4.78 is 31.7. The SMILES string of the molecule is CCCON=C1CCN(S(C)(=O)=O)c2oc(-c3sc(-c4cccnc4)nc3C)nc21. The standard InChI is InChI=1S/C19H21N5O4S2/c1-4-10-27-23-14-7-9-24(30(3,25)26)19-15(14)22-17(28-19)16-12(2)21-18(29-16)13-6-5-8-20-11-13/h5-6,8,11H,4,7,9-10H2,1-3H3. The van der Waals surface area contributed by atoms with Crippen molar-refractivity contribution >= 4 is 33.0 Å². The predicted octanol–water partition coefficient (Wildman–Crippen LogP) is 3.47. The van der Waals surface area contributed by atoms with Crippen LogP contribution in [0.2, 0.25) is 0 Å². The molecule has 158 valence electrons. The van der Waals surface area contributed by atoms with Crippen molar-refractivity contribution in [2.24, 2.45) is 5.16 Å². The van der Waals surface area contributed by atoms with E-state index in [1.54, 1.807) is 12.4 Å². The fourth-order valence-electron chi connectivity index (χ4n) is 3.02. The fraction of sp³-hybridized carbons (Fsp3) is 0.368. The minimum absolute atomic E-state index is 0.160. The van der Waals surface area contributed by atoms with Crippen LogP contribution in [-0.2, 0) is 14.9 Å². The molecule has 9 nitrogen and oxygen atoms in total. The molecule has 0 amide bonds. The molecule has 0 bridgehead atoms. The maximum Gasteiger partial charge on any atom is 0.241 e. The number of pyridine rings is 1. The van der Waals surface area contributed by atoms with Crippen molar-refractivity contribution in [3.05, 3.63) is 35.9 Å². The number of thiazole rings is 1. The lowest BCUT2D eigenvalue weighted by atomic mass is 10.1. The van der Waals surface area contributed by atoms with Crippen LogP contribution in [0.25, 0.3) is 21.3 Å². The zero-order valence-electron chi connectivity index (χ0n) is 16.8. The van der Waals surface area contributed by atoms with Crippen molar-refractivity contribution in [2.45, 2.75) is 26.7 Å². The van der Waals surface area contributed by atoms with E-state index in [0.717, 1.165) is 33.8 Å². The molecular weight excluding hydrogens is 426 g/mol. The predicted molar refractivity (Wildman–Crippen MR) is 115 cm³/mol. The fourth-order valence-corrected chi connectivity index (χ4v) is 4.85. The number of sulfonamides is 1. The number of aromatic nitrogens is 3. The van der Waals surface area contributed by atoms with Gasteiger partial charge in [0.2, 0.25) is 21.8 Å². The molecule has 1 aliphatic rings. The third-order valence-corrected chi connectivity index (χ3v) is 6.77. The molecule has 0 fully saturated rings. The lowest BCUT2D eigenvalue weighted by Gasteiger charge is -2.24. The van der Waals surface area contributed by atoms with Crippen molar-refractivity contribution in [2.75, 3.05) is 23.7 Å². The van der Waals surface area contributed by atoms with Crippen molar-refractivity contribution in [3.8, 4) is 21.3 Å². The Morgan fingerprint density at radius 2 is 2.20 bits per heavy atom. The molecule has 11 heteroatoms. The van der Waals surface area contributed by atoms with Gasteiger partial charge in [-0.3, -0.25) is 4.98 Å². The summed E-state index contributed by atoms with van der Waals surface area (Å²) in [6, 6.07) is 3.77. The molecule has 0 atom stereocenters.